The fraction of sp³-hybridized carbons (Fsp3) is 0.474. The van der Waals surface area contributed by atoms with E-state index >= 15 is 0 Å². The second kappa shape index (κ2) is 6.43. The number of ether oxygens (including phenoxy) is 1. The van der Waals surface area contributed by atoms with Gasteiger partial charge in [0.1, 0.15) is 12.1 Å². The summed E-state index contributed by atoms with van der Waals surface area (Å²) >= 11 is 0. The summed E-state index contributed by atoms with van der Waals surface area (Å²) in [5, 5.41) is 1.23. The van der Waals surface area contributed by atoms with Crippen LogP contribution in [0, 0.1) is 0 Å². The Bertz CT molecular complexity index is 804. The molecule has 1 N–H and O–H groups in total. The molecule has 1 aromatic heterocycles. The average Bonchev–Trinajstić information content (AvgIpc) is 2.90. The van der Waals surface area contributed by atoms with E-state index in [-0.39, 0.29) is 12.5 Å². The van der Waals surface area contributed by atoms with E-state index in [1.54, 1.807) is 11.9 Å². The van der Waals surface area contributed by atoms with Crippen LogP contribution in [0.5, 0.6) is 0 Å². The molecule has 2 aromatic rings. The second-order valence-corrected chi connectivity index (χ2v) is 7.53. The van der Waals surface area contributed by atoms with Crippen LogP contribution in [0.15, 0.2) is 24.3 Å². The number of fused-ring (bicyclic) bond motifs is 3. The smallest absolute Gasteiger partial charge is 0.410 e. The number of para-hydroxylation sites is 1. The lowest BCUT2D eigenvalue weighted by Crippen LogP contribution is -2.44. The first-order valence-corrected chi connectivity index (χ1v) is 8.55. The molecular weight excluding hydrogens is 318 g/mol. The average molecular weight is 343 g/mol. The van der Waals surface area contributed by atoms with Crippen molar-refractivity contribution in [3.8, 4) is 0 Å². The normalized spacial score (nSPS) is 14.3. The summed E-state index contributed by atoms with van der Waals surface area (Å²) < 4.78 is 5.29. The number of H-pyrrole nitrogens is 1. The molecule has 0 fully saturated rings. The van der Waals surface area contributed by atoms with Gasteiger partial charge in [-0.1, -0.05) is 18.2 Å². The van der Waals surface area contributed by atoms with Crippen molar-refractivity contribution in [1.82, 2.24) is 14.8 Å². The Morgan fingerprint density at radius 1 is 1.28 bits per heavy atom. The Kier molecular flexibility index (Phi) is 4.45. The van der Waals surface area contributed by atoms with E-state index in [9.17, 15) is 9.59 Å². The summed E-state index contributed by atoms with van der Waals surface area (Å²) in [7, 11) is 1.59. The van der Waals surface area contributed by atoms with Gasteiger partial charge in [0, 0.05) is 30.2 Å². The molecule has 0 aliphatic carbocycles. The maximum absolute atomic E-state index is 12.6. The predicted molar refractivity (Wildman–Crippen MR) is 96.3 cm³/mol. The van der Waals surface area contributed by atoms with Gasteiger partial charge >= 0.3 is 6.09 Å². The molecule has 1 aromatic carbocycles. The lowest BCUT2D eigenvalue weighted by atomic mass is 10.0. The number of amides is 2. The SMILES string of the molecule is CN(CC(=O)N1CCc2c([nH]c3ccccc23)C1)C(=O)OC(C)(C)C. The van der Waals surface area contributed by atoms with E-state index in [2.05, 4.69) is 17.1 Å². The van der Waals surface area contributed by atoms with Gasteiger partial charge in [-0.3, -0.25) is 4.79 Å². The molecule has 3 rings (SSSR count). The monoisotopic (exact) mass is 343 g/mol. The van der Waals surface area contributed by atoms with E-state index in [0.29, 0.717) is 13.1 Å². The molecule has 0 atom stereocenters. The summed E-state index contributed by atoms with van der Waals surface area (Å²) in [5.74, 6) is -0.0716. The number of benzene rings is 1. The van der Waals surface area contributed by atoms with Gasteiger partial charge < -0.3 is 19.5 Å². The number of hydrogen-bond acceptors (Lipinski definition) is 3. The number of hydrogen-bond donors (Lipinski definition) is 1. The summed E-state index contributed by atoms with van der Waals surface area (Å²) in [6.07, 6.45) is 0.338. The molecule has 0 bridgehead atoms. The van der Waals surface area contributed by atoms with Crippen molar-refractivity contribution in [2.45, 2.75) is 39.3 Å². The highest BCUT2D eigenvalue weighted by Crippen LogP contribution is 2.27. The fourth-order valence-electron chi connectivity index (χ4n) is 3.11. The molecule has 134 valence electrons. The Morgan fingerprint density at radius 3 is 2.72 bits per heavy atom. The number of likely N-dealkylation sites (N-methyl/N-ethyl adjacent to an activating group) is 1. The van der Waals surface area contributed by atoms with Gasteiger partial charge in [-0.15, -0.1) is 0 Å². The topological polar surface area (TPSA) is 65.6 Å². The van der Waals surface area contributed by atoms with E-state index in [4.69, 9.17) is 4.74 Å². The zero-order valence-electron chi connectivity index (χ0n) is 15.3. The van der Waals surface area contributed by atoms with Crippen molar-refractivity contribution in [2.75, 3.05) is 20.1 Å². The lowest BCUT2D eigenvalue weighted by Gasteiger charge is -2.30. The van der Waals surface area contributed by atoms with Gasteiger partial charge in [-0.25, -0.2) is 4.79 Å². The fourth-order valence-corrected chi connectivity index (χ4v) is 3.11. The number of aromatic amines is 1. The Hall–Kier alpha value is -2.50. The van der Waals surface area contributed by atoms with Gasteiger partial charge in [-0.2, -0.15) is 0 Å². The van der Waals surface area contributed by atoms with E-state index < -0.39 is 11.7 Å². The maximum atomic E-state index is 12.6. The number of carbonyl (C=O) groups excluding carboxylic acids is 2. The molecule has 2 heterocycles. The van der Waals surface area contributed by atoms with Crippen molar-refractivity contribution in [1.29, 1.82) is 0 Å². The van der Waals surface area contributed by atoms with Crippen LogP contribution < -0.4 is 0 Å². The zero-order chi connectivity index (χ0) is 18.2. The first kappa shape index (κ1) is 17.3. The molecule has 1 aliphatic rings. The molecular formula is C19H25N3O3. The molecule has 6 heteroatoms. The summed E-state index contributed by atoms with van der Waals surface area (Å²) in [4.78, 5) is 31.1. The van der Waals surface area contributed by atoms with Crippen LogP contribution in [0.3, 0.4) is 0 Å². The van der Waals surface area contributed by atoms with Crippen LogP contribution >= 0.6 is 0 Å². The van der Waals surface area contributed by atoms with Crippen molar-refractivity contribution in [2.24, 2.45) is 0 Å². The predicted octanol–water partition coefficient (Wildman–Crippen LogP) is 2.92. The highest BCUT2D eigenvalue weighted by atomic mass is 16.6. The van der Waals surface area contributed by atoms with Crippen molar-refractivity contribution in [3.63, 3.8) is 0 Å². The van der Waals surface area contributed by atoms with Gasteiger partial charge in [0.2, 0.25) is 5.91 Å². The summed E-state index contributed by atoms with van der Waals surface area (Å²) in [5.41, 5.74) is 2.91. The summed E-state index contributed by atoms with van der Waals surface area (Å²) in [6.45, 7) is 6.65. The van der Waals surface area contributed by atoms with Crippen LogP contribution in [0.4, 0.5) is 4.79 Å². The van der Waals surface area contributed by atoms with E-state index in [0.717, 1.165) is 17.6 Å². The maximum Gasteiger partial charge on any atom is 0.410 e. The molecule has 0 saturated carbocycles. The number of nitrogens with zero attached hydrogens (tertiary/aromatic N) is 2. The number of nitrogens with one attached hydrogen (secondary N) is 1. The van der Waals surface area contributed by atoms with E-state index in [1.165, 1.54) is 15.8 Å². The third kappa shape index (κ3) is 3.78. The number of rotatable bonds is 2. The molecule has 25 heavy (non-hydrogen) atoms. The van der Waals surface area contributed by atoms with Crippen LogP contribution in [0.2, 0.25) is 0 Å². The zero-order valence-corrected chi connectivity index (χ0v) is 15.3. The van der Waals surface area contributed by atoms with Gasteiger partial charge in [0.15, 0.2) is 0 Å². The minimum atomic E-state index is -0.571. The third-order valence-electron chi connectivity index (χ3n) is 4.31. The highest BCUT2D eigenvalue weighted by Gasteiger charge is 2.26. The molecule has 0 spiro atoms. The van der Waals surface area contributed by atoms with Gasteiger partial charge in [-0.05, 0) is 38.8 Å². The number of carbonyl (C=O) groups is 2. The van der Waals surface area contributed by atoms with Crippen LogP contribution in [-0.2, 0) is 22.5 Å². The highest BCUT2D eigenvalue weighted by molar-refractivity contribution is 5.86. The minimum Gasteiger partial charge on any atom is -0.444 e. The third-order valence-corrected chi connectivity index (χ3v) is 4.31. The van der Waals surface area contributed by atoms with Crippen molar-refractivity contribution < 1.29 is 14.3 Å². The first-order valence-electron chi connectivity index (χ1n) is 8.55. The Labute approximate surface area is 147 Å². The van der Waals surface area contributed by atoms with Gasteiger partial charge in [0.25, 0.3) is 0 Å². The van der Waals surface area contributed by atoms with Crippen molar-refractivity contribution >= 4 is 22.9 Å². The van der Waals surface area contributed by atoms with E-state index in [1.807, 2.05) is 32.9 Å². The lowest BCUT2D eigenvalue weighted by molar-refractivity contribution is -0.133. The van der Waals surface area contributed by atoms with Crippen molar-refractivity contribution in [3.05, 3.63) is 35.5 Å². The Morgan fingerprint density at radius 2 is 2.00 bits per heavy atom. The Balaban J connectivity index is 1.65. The van der Waals surface area contributed by atoms with Crippen LogP contribution in [0.1, 0.15) is 32.0 Å². The molecule has 6 nitrogen and oxygen atoms in total. The largest absolute Gasteiger partial charge is 0.444 e. The minimum absolute atomic E-state index is 0.0183. The first-order chi connectivity index (χ1) is 11.7. The molecule has 0 unspecified atom stereocenters. The quantitative estimate of drug-likeness (QED) is 0.912. The molecule has 1 aliphatic heterocycles. The van der Waals surface area contributed by atoms with Crippen LogP contribution in [0.25, 0.3) is 10.9 Å². The second-order valence-electron chi connectivity index (χ2n) is 7.53. The molecule has 2 amide bonds. The van der Waals surface area contributed by atoms with Gasteiger partial charge in [0.05, 0.1) is 6.54 Å². The molecule has 0 radical (unpaired) electrons. The van der Waals surface area contributed by atoms with Crippen LogP contribution in [-0.4, -0.2) is 52.5 Å². The number of aromatic nitrogens is 1. The summed E-state index contributed by atoms with van der Waals surface area (Å²) in [6, 6.07) is 8.20. The molecule has 0 saturated heterocycles. The standard InChI is InChI=1S/C19H25N3O3/c1-19(2,3)25-18(24)21(4)12-17(23)22-10-9-14-13-7-5-6-8-15(13)20-16(14)11-22/h5-8,20H,9-12H2,1-4H3.